The van der Waals surface area contributed by atoms with E-state index in [2.05, 4.69) is 15.5 Å². The van der Waals surface area contributed by atoms with Crippen LogP contribution in [0.25, 0.3) is 10.7 Å². The highest BCUT2D eigenvalue weighted by Crippen LogP contribution is 2.30. The maximum atomic E-state index is 12.6. The lowest BCUT2D eigenvalue weighted by Crippen LogP contribution is -2.14. The molecule has 0 aliphatic rings. The second kappa shape index (κ2) is 6.20. The van der Waals surface area contributed by atoms with E-state index in [4.69, 9.17) is 10.3 Å². The molecule has 0 saturated heterocycles. The Morgan fingerprint density at radius 3 is 2.95 bits per heavy atom. The van der Waals surface area contributed by atoms with Crippen LogP contribution in [0, 0.1) is 0 Å². The van der Waals surface area contributed by atoms with E-state index in [1.807, 2.05) is 30.5 Å². The quantitative estimate of drug-likeness (QED) is 0.712. The molecule has 22 heavy (non-hydrogen) atoms. The van der Waals surface area contributed by atoms with Gasteiger partial charge in [0.1, 0.15) is 10.6 Å². The number of hydrogen-bond acceptors (Lipinski definition) is 7. The molecule has 0 saturated carbocycles. The predicted molar refractivity (Wildman–Crippen MR) is 88.2 cm³/mol. The van der Waals surface area contributed by atoms with Gasteiger partial charge in [-0.1, -0.05) is 17.3 Å². The van der Waals surface area contributed by atoms with Gasteiger partial charge in [-0.15, -0.1) is 23.1 Å². The van der Waals surface area contributed by atoms with Gasteiger partial charge in [-0.05, 0) is 18.4 Å². The molecule has 0 bridgehead atoms. The number of hydrogen-bond donors (Lipinski definition) is 2. The number of carbonyl (C=O) groups excluding carboxylic acids is 1. The van der Waals surface area contributed by atoms with Crippen molar-refractivity contribution < 1.29 is 9.32 Å². The number of aromatic nitrogens is 2. The van der Waals surface area contributed by atoms with Crippen LogP contribution in [0.4, 0.5) is 11.6 Å². The van der Waals surface area contributed by atoms with Gasteiger partial charge in [0.25, 0.3) is 5.91 Å². The van der Waals surface area contributed by atoms with Crippen LogP contribution in [0.15, 0.2) is 45.3 Å². The number of thiazole rings is 1. The lowest BCUT2D eigenvalue weighted by Gasteiger charge is -2.08. The number of benzene rings is 1. The Labute approximate surface area is 134 Å². The Balaban J connectivity index is 1.95. The Kier molecular flexibility index (Phi) is 4.12. The van der Waals surface area contributed by atoms with Gasteiger partial charge < -0.3 is 15.6 Å². The van der Waals surface area contributed by atoms with Gasteiger partial charge in [0.15, 0.2) is 5.69 Å². The summed E-state index contributed by atoms with van der Waals surface area (Å²) in [5, 5.41) is 9.07. The van der Waals surface area contributed by atoms with Crippen molar-refractivity contribution >= 4 is 40.6 Å². The minimum absolute atomic E-state index is 0.0238. The molecule has 0 aliphatic heterocycles. The number of carbonyl (C=O) groups is 1. The lowest BCUT2D eigenvalue weighted by molar-refractivity contribution is 0.102. The molecule has 0 fully saturated rings. The van der Waals surface area contributed by atoms with Crippen LogP contribution in [0.3, 0.4) is 0 Å². The van der Waals surface area contributed by atoms with Crippen molar-refractivity contribution in [3.8, 4) is 10.7 Å². The van der Waals surface area contributed by atoms with Crippen molar-refractivity contribution in [1.29, 1.82) is 0 Å². The molecular weight excluding hydrogens is 320 g/mol. The van der Waals surface area contributed by atoms with Crippen molar-refractivity contribution in [3.63, 3.8) is 0 Å². The summed E-state index contributed by atoms with van der Waals surface area (Å²) in [6.07, 6.45) is 3.58. The number of para-hydroxylation sites is 1. The zero-order valence-electron chi connectivity index (χ0n) is 11.6. The van der Waals surface area contributed by atoms with E-state index in [1.165, 1.54) is 11.3 Å². The van der Waals surface area contributed by atoms with E-state index in [0.29, 0.717) is 16.4 Å². The van der Waals surface area contributed by atoms with E-state index in [1.54, 1.807) is 23.3 Å². The van der Waals surface area contributed by atoms with Crippen molar-refractivity contribution in [1.82, 2.24) is 10.1 Å². The van der Waals surface area contributed by atoms with Crippen molar-refractivity contribution in [3.05, 3.63) is 41.4 Å². The highest BCUT2D eigenvalue weighted by Gasteiger charge is 2.24. The summed E-state index contributed by atoms with van der Waals surface area (Å²) in [5.74, 6) is -0.394. The first-order valence-corrected chi connectivity index (χ1v) is 8.40. The van der Waals surface area contributed by atoms with Crippen LogP contribution in [0.2, 0.25) is 0 Å². The second-order valence-electron chi connectivity index (χ2n) is 4.26. The summed E-state index contributed by atoms with van der Waals surface area (Å²) in [6.45, 7) is 0. The predicted octanol–water partition coefficient (Wildman–Crippen LogP) is 3.35. The van der Waals surface area contributed by atoms with Crippen LogP contribution < -0.4 is 11.1 Å². The third-order valence-corrected chi connectivity index (χ3v) is 4.51. The van der Waals surface area contributed by atoms with Crippen LogP contribution in [-0.2, 0) is 0 Å². The van der Waals surface area contributed by atoms with Crippen LogP contribution in [0.1, 0.15) is 10.4 Å². The number of thioether (sulfide) groups is 1. The number of anilines is 2. The minimum Gasteiger partial charge on any atom is -0.367 e. The summed E-state index contributed by atoms with van der Waals surface area (Å²) in [6, 6.07) is 7.53. The van der Waals surface area contributed by atoms with Crippen molar-refractivity contribution in [2.45, 2.75) is 4.90 Å². The molecule has 112 valence electrons. The standard InChI is InChI=1S/C14H12N4O2S2/c1-21-9-5-3-2-4-8(9)17-13(19)10-11(18-20-12(10)15)14-16-6-7-22-14/h2-7H,15H2,1H3,(H,17,19). The van der Waals surface area contributed by atoms with E-state index in [0.717, 1.165) is 4.90 Å². The van der Waals surface area contributed by atoms with Crippen molar-refractivity contribution in [2.24, 2.45) is 0 Å². The number of rotatable bonds is 4. The molecule has 3 aromatic rings. The summed E-state index contributed by atoms with van der Waals surface area (Å²) in [7, 11) is 0. The monoisotopic (exact) mass is 332 g/mol. The number of nitrogens with zero attached hydrogens (tertiary/aromatic N) is 2. The number of nitrogen functional groups attached to an aromatic ring is 1. The molecule has 3 N–H and O–H groups in total. The lowest BCUT2D eigenvalue weighted by atomic mass is 10.2. The summed E-state index contributed by atoms with van der Waals surface area (Å²) >= 11 is 2.91. The molecular formula is C14H12N4O2S2. The number of amides is 1. The molecule has 0 radical (unpaired) electrons. The fourth-order valence-electron chi connectivity index (χ4n) is 1.94. The third kappa shape index (κ3) is 2.70. The Bertz CT molecular complexity index is 799. The van der Waals surface area contributed by atoms with E-state index < -0.39 is 0 Å². The molecule has 3 rings (SSSR count). The van der Waals surface area contributed by atoms with Gasteiger partial charge in [0.05, 0.1) is 5.69 Å². The van der Waals surface area contributed by atoms with Crippen molar-refractivity contribution in [2.75, 3.05) is 17.3 Å². The smallest absolute Gasteiger partial charge is 0.263 e. The highest BCUT2D eigenvalue weighted by atomic mass is 32.2. The number of nitrogens with two attached hydrogens (primary N) is 1. The summed E-state index contributed by atoms with van der Waals surface area (Å²) in [5.41, 5.74) is 7.02. The zero-order chi connectivity index (χ0) is 15.5. The molecule has 8 heteroatoms. The molecule has 1 aromatic carbocycles. The Hall–Kier alpha value is -2.32. The first kappa shape index (κ1) is 14.6. The Morgan fingerprint density at radius 1 is 1.41 bits per heavy atom. The maximum absolute atomic E-state index is 12.6. The van der Waals surface area contributed by atoms with Gasteiger partial charge >= 0.3 is 0 Å². The normalized spacial score (nSPS) is 10.6. The number of nitrogens with one attached hydrogen (secondary N) is 1. The molecule has 0 aliphatic carbocycles. The average Bonchev–Trinajstić information content (AvgIpc) is 3.16. The third-order valence-electron chi connectivity index (χ3n) is 2.94. The Morgan fingerprint density at radius 2 is 2.23 bits per heavy atom. The van der Waals surface area contributed by atoms with Gasteiger partial charge in [0, 0.05) is 16.5 Å². The molecule has 2 aromatic heterocycles. The molecule has 0 atom stereocenters. The van der Waals surface area contributed by atoms with E-state index in [9.17, 15) is 4.79 Å². The van der Waals surface area contributed by atoms with E-state index in [-0.39, 0.29) is 17.4 Å². The van der Waals surface area contributed by atoms with Gasteiger partial charge in [0.2, 0.25) is 5.88 Å². The van der Waals surface area contributed by atoms with E-state index >= 15 is 0 Å². The first-order valence-electron chi connectivity index (χ1n) is 6.30. The highest BCUT2D eigenvalue weighted by molar-refractivity contribution is 7.98. The molecule has 0 spiro atoms. The minimum atomic E-state index is -0.370. The fourth-order valence-corrected chi connectivity index (χ4v) is 3.12. The average molecular weight is 332 g/mol. The fraction of sp³-hybridized carbons (Fsp3) is 0.0714. The van der Waals surface area contributed by atoms with Crippen LogP contribution in [-0.4, -0.2) is 22.3 Å². The summed E-state index contributed by atoms with van der Waals surface area (Å²) in [4.78, 5) is 17.7. The van der Waals surface area contributed by atoms with Gasteiger partial charge in [-0.25, -0.2) is 4.98 Å². The topological polar surface area (TPSA) is 94.0 Å². The SMILES string of the molecule is CSc1ccccc1NC(=O)c1c(-c2nccs2)noc1N. The first-order chi connectivity index (χ1) is 10.7. The second-order valence-corrected chi connectivity index (χ2v) is 6.00. The maximum Gasteiger partial charge on any atom is 0.263 e. The van der Waals surface area contributed by atoms with Crippen LogP contribution >= 0.6 is 23.1 Å². The molecule has 1 amide bonds. The zero-order valence-corrected chi connectivity index (χ0v) is 13.2. The molecule has 0 unspecified atom stereocenters. The summed E-state index contributed by atoms with van der Waals surface area (Å²) < 4.78 is 4.96. The largest absolute Gasteiger partial charge is 0.367 e. The molecule has 6 nitrogen and oxygen atoms in total. The van der Waals surface area contributed by atoms with Gasteiger partial charge in [-0.3, -0.25) is 4.79 Å². The van der Waals surface area contributed by atoms with Crippen LogP contribution in [0.5, 0.6) is 0 Å². The van der Waals surface area contributed by atoms with Gasteiger partial charge in [-0.2, -0.15) is 0 Å². The molecule has 2 heterocycles.